The molecule has 1 heterocycles. The minimum atomic E-state index is 0.793. The lowest BCUT2D eigenvalue weighted by Crippen LogP contribution is -2.05. The summed E-state index contributed by atoms with van der Waals surface area (Å²) < 4.78 is 0. The molecule has 2 atom stereocenters. The van der Waals surface area contributed by atoms with Gasteiger partial charge in [-0.2, -0.15) is 0 Å². The van der Waals surface area contributed by atoms with Crippen molar-refractivity contribution in [2.45, 2.75) is 46.0 Å². The maximum atomic E-state index is 4.41. The van der Waals surface area contributed by atoms with E-state index in [0.29, 0.717) is 0 Å². The lowest BCUT2D eigenvalue weighted by molar-refractivity contribution is 0.408. The van der Waals surface area contributed by atoms with Gasteiger partial charge in [-0.05, 0) is 37.3 Å². The molecule has 0 aromatic rings. The second-order valence-electron chi connectivity index (χ2n) is 4.27. The molecule has 1 aliphatic heterocycles. The normalized spacial score (nSPS) is 35.8. The van der Waals surface area contributed by atoms with Crippen LogP contribution in [0.3, 0.4) is 0 Å². The van der Waals surface area contributed by atoms with Crippen molar-refractivity contribution in [3.05, 3.63) is 0 Å². The van der Waals surface area contributed by atoms with Gasteiger partial charge in [0.25, 0.3) is 0 Å². The van der Waals surface area contributed by atoms with Crippen LogP contribution in [0.5, 0.6) is 0 Å². The molecule has 1 rings (SSSR count). The fraction of sp³-hybridized carbons (Fsp3) is 0.909. The van der Waals surface area contributed by atoms with Crippen LogP contribution in [0.4, 0.5) is 0 Å². The average molecular weight is 167 g/mol. The Morgan fingerprint density at radius 3 is 2.67 bits per heavy atom. The summed E-state index contributed by atoms with van der Waals surface area (Å²) in [6.45, 7) is 5.74. The van der Waals surface area contributed by atoms with Gasteiger partial charge in [0.1, 0.15) is 0 Å². The number of nitrogens with zero attached hydrogens (tertiary/aromatic N) is 1. The highest BCUT2D eigenvalue weighted by atomic mass is 14.7. The molecule has 2 unspecified atom stereocenters. The van der Waals surface area contributed by atoms with E-state index >= 15 is 0 Å². The minimum absolute atomic E-state index is 0.793. The molecule has 0 N–H and O–H groups in total. The second-order valence-corrected chi connectivity index (χ2v) is 4.27. The molecule has 0 aromatic heterocycles. The molecule has 0 spiro atoms. The van der Waals surface area contributed by atoms with Gasteiger partial charge < -0.3 is 0 Å². The maximum absolute atomic E-state index is 4.41. The summed E-state index contributed by atoms with van der Waals surface area (Å²) in [7, 11) is 0. The quantitative estimate of drug-likeness (QED) is 0.525. The zero-order valence-electron chi connectivity index (χ0n) is 8.42. The predicted octanol–water partition coefficient (Wildman–Crippen LogP) is 3.29. The third kappa shape index (κ3) is 3.89. The molecule has 1 heteroatoms. The highest BCUT2D eigenvalue weighted by Gasteiger charge is 2.07. The van der Waals surface area contributed by atoms with Crippen molar-refractivity contribution >= 4 is 6.21 Å². The zero-order valence-corrected chi connectivity index (χ0v) is 8.42. The van der Waals surface area contributed by atoms with Crippen LogP contribution in [-0.4, -0.2) is 12.8 Å². The fourth-order valence-corrected chi connectivity index (χ4v) is 1.71. The Labute approximate surface area is 76.3 Å². The molecule has 12 heavy (non-hydrogen) atoms. The van der Waals surface area contributed by atoms with E-state index in [4.69, 9.17) is 0 Å². The number of rotatable bonds is 0. The van der Waals surface area contributed by atoms with Crippen LogP contribution < -0.4 is 0 Å². The van der Waals surface area contributed by atoms with Crippen molar-refractivity contribution in [2.24, 2.45) is 16.8 Å². The van der Waals surface area contributed by atoms with Crippen molar-refractivity contribution in [1.29, 1.82) is 0 Å². The van der Waals surface area contributed by atoms with E-state index in [9.17, 15) is 0 Å². The third-order valence-corrected chi connectivity index (χ3v) is 2.73. The Morgan fingerprint density at radius 1 is 1.08 bits per heavy atom. The molecule has 0 aromatic carbocycles. The Morgan fingerprint density at radius 2 is 1.83 bits per heavy atom. The van der Waals surface area contributed by atoms with E-state index in [1.54, 1.807) is 0 Å². The first-order chi connectivity index (χ1) is 5.79. The van der Waals surface area contributed by atoms with Crippen molar-refractivity contribution in [3.63, 3.8) is 0 Å². The summed E-state index contributed by atoms with van der Waals surface area (Å²) in [5.41, 5.74) is 0. The van der Waals surface area contributed by atoms with E-state index in [1.807, 2.05) is 0 Å². The Kier molecular flexibility index (Phi) is 4.34. The molecule has 1 aliphatic rings. The minimum Gasteiger partial charge on any atom is -0.297 e. The highest BCUT2D eigenvalue weighted by molar-refractivity contribution is 5.56. The van der Waals surface area contributed by atoms with Gasteiger partial charge in [-0.25, -0.2) is 0 Å². The van der Waals surface area contributed by atoms with Gasteiger partial charge in [-0.3, -0.25) is 4.99 Å². The van der Waals surface area contributed by atoms with Crippen molar-refractivity contribution in [3.8, 4) is 0 Å². The first kappa shape index (κ1) is 9.76. The molecule has 0 fully saturated rings. The van der Waals surface area contributed by atoms with Crippen molar-refractivity contribution in [2.75, 3.05) is 6.54 Å². The van der Waals surface area contributed by atoms with Crippen LogP contribution >= 0.6 is 0 Å². The molecule has 0 saturated carbocycles. The summed E-state index contributed by atoms with van der Waals surface area (Å²) in [6, 6.07) is 0. The zero-order chi connectivity index (χ0) is 8.81. The standard InChI is InChI=1S/C11H21N/c1-10-5-3-4-8-12-9-11(2)7-6-10/h8,10-11H,3-7,9H2,1-2H3/b12-8-. The van der Waals surface area contributed by atoms with Gasteiger partial charge in [0.2, 0.25) is 0 Å². The van der Waals surface area contributed by atoms with Crippen LogP contribution in [0.25, 0.3) is 0 Å². The first-order valence-electron chi connectivity index (χ1n) is 5.27. The summed E-state index contributed by atoms with van der Waals surface area (Å²) >= 11 is 0. The topological polar surface area (TPSA) is 12.4 Å². The predicted molar refractivity (Wildman–Crippen MR) is 54.8 cm³/mol. The second kappa shape index (κ2) is 5.34. The molecule has 1 nitrogen and oxygen atoms in total. The van der Waals surface area contributed by atoms with Crippen LogP contribution in [0, 0.1) is 11.8 Å². The summed E-state index contributed by atoms with van der Waals surface area (Å²) in [5.74, 6) is 1.72. The van der Waals surface area contributed by atoms with Crippen LogP contribution in [0.2, 0.25) is 0 Å². The average Bonchev–Trinajstić information content (AvgIpc) is 2.07. The highest BCUT2D eigenvalue weighted by Crippen LogP contribution is 2.18. The monoisotopic (exact) mass is 167 g/mol. The third-order valence-electron chi connectivity index (χ3n) is 2.73. The van der Waals surface area contributed by atoms with Crippen molar-refractivity contribution in [1.82, 2.24) is 0 Å². The molecule has 0 amide bonds. The van der Waals surface area contributed by atoms with Crippen LogP contribution in [0.1, 0.15) is 46.0 Å². The smallest absolute Gasteiger partial charge is 0.0411 e. The van der Waals surface area contributed by atoms with Gasteiger partial charge in [-0.15, -0.1) is 0 Å². The van der Waals surface area contributed by atoms with Crippen LogP contribution in [0.15, 0.2) is 4.99 Å². The molecular formula is C11H21N. The summed E-state index contributed by atoms with van der Waals surface area (Å²) in [6.07, 6.45) is 8.79. The Balaban J connectivity index is 2.34. The molecule has 0 saturated heterocycles. The maximum Gasteiger partial charge on any atom is 0.0411 e. The van der Waals surface area contributed by atoms with E-state index in [0.717, 1.165) is 18.4 Å². The molecule has 70 valence electrons. The van der Waals surface area contributed by atoms with Gasteiger partial charge in [0, 0.05) is 6.54 Å². The Hall–Kier alpha value is -0.330. The molecule has 0 radical (unpaired) electrons. The van der Waals surface area contributed by atoms with Crippen LogP contribution in [-0.2, 0) is 0 Å². The lowest BCUT2D eigenvalue weighted by Gasteiger charge is -2.15. The van der Waals surface area contributed by atoms with Gasteiger partial charge in [-0.1, -0.05) is 26.7 Å². The Bertz CT molecular complexity index is 140. The first-order valence-corrected chi connectivity index (χ1v) is 5.27. The van der Waals surface area contributed by atoms with Crippen molar-refractivity contribution < 1.29 is 0 Å². The number of aliphatic imine (C=N–C) groups is 1. The van der Waals surface area contributed by atoms with Gasteiger partial charge >= 0.3 is 0 Å². The van der Waals surface area contributed by atoms with E-state index in [-0.39, 0.29) is 0 Å². The van der Waals surface area contributed by atoms with E-state index in [1.165, 1.54) is 32.1 Å². The largest absolute Gasteiger partial charge is 0.297 e. The van der Waals surface area contributed by atoms with E-state index < -0.39 is 0 Å². The van der Waals surface area contributed by atoms with Gasteiger partial charge in [0.05, 0.1) is 0 Å². The molecule has 0 bridgehead atoms. The molecule has 0 aliphatic carbocycles. The number of hydrogen-bond acceptors (Lipinski definition) is 1. The SMILES string of the molecule is CC1CCC/C=N\CC(C)CC1. The van der Waals surface area contributed by atoms with E-state index in [2.05, 4.69) is 25.1 Å². The summed E-state index contributed by atoms with van der Waals surface area (Å²) in [4.78, 5) is 4.41. The van der Waals surface area contributed by atoms with Gasteiger partial charge in [0.15, 0.2) is 0 Å². The summed E-state index contributed by atoms with van der Waals surface area (Å²) in [5, 5.41) is 0. The molecular weight excluding hydrogens is 146 g/mol. The fourth-order valence-electron chi connectivity index (χ4n) is 1.71. The number of hydrogen-bond donors (Lipinski definition) is 0. The lowest BCUT2D eigenvalue weighted by atomic mass is 9.94.